The maximum atomic E-state index is 12.2. The normalized spacial score (nSPS) is 17.6. The van der Waals surface area contributed by atoms with Gasteiger partial charge in [0.25, 0.3) is 0 Å². The number of hydrogen-bond donors (Lipinski definition) is 0. The Labute approximate surface area is 169 Å². The van der Waals surface area contributed by atoms with Crippen molar-refractivity contribution >= 4 is 12.0 Å². The third kappa shape index (κ3) is 11.6. The van der Waals surface area contributed by atoms with Crippen molar-refractivity contribution in [3.63, 3.8) is 0 Å². The van der Waals surface area contributed by atoms with Gasteiger partial charge in [-0.25, -0.2) is 9.69 Å². The van der Waals surface area contributed by atoms with Crippen LogP contribution in [0.5, 0.6) is 0 Å². The molecular weight excluding hydrogens is 358 g/mol. The van der Waals surface area contributed by atoms with Gasteiger partial charge in [0.1, 0.15) is 6.61 Å². The number of carbonyl (C=O) groups excluding carboxylic acids is 2. The molecule has 1 heterocycles. The minimum absolute atomic E-state index is 0.165. The lowest BCUT2D eigenvalue weighted by Crippen LogP contribution is -2.39. The summed E-state index contributed by atoms with van der Waals surface area (Å²) in [5.41, 5.74) is 0. The number of rotatable bonds is 9. The number of terminal acetylenes is 1. The zero-order chi connectivity index (χ0) is 21.2. The lowest BCUT2D eigenvalue weighted by molar-refractivity contribution is -0.135. The lowest BCUT2D eigenvalue weighted by Gasteiger charge is -2.20. The largest absolute Gasteiger partial charge is 0.447 e. The molecule has 1 saturated carbocycles. The molecule has 6 nitrogen and oxygen atoms in total. The van der Waals surface area contributed by atoms with E-state index < -0.39 is 12.4 Å². The van der Waals surface area contributed by atoms with Crippen molar-refractivity contribution in [1.29, 1.82) is 0 Å². The van der Waals surface area contributed by atoms with Gasteiger partial charge >= 0.3 is 6.09 Å². The first-order valence-corrected chi connectivity index (χ1v) is 9.96. The van der Waals surface area contributed by atoms with E-state index in [-0.39, 0.29) is 25.0 Å². The molecule has 1 aliphatic carbocycles. The SMILES string of the molecule is C#C/C=C\C=C/CCC1COC(=O)N1C(=O)CCC(OC)OC.C1CC1.CC. The van der Waals surface area contributed by atoms with Crippen LogP contribution in [0.15, 0.2) is 24.3 Å². The smallest absolute Gasteiger partial charge is 0.416 e. The van der Waals surface area contributed by atoms with E-state index in [0.29, 0.717) is 12.8 Å². The lowest BCUT2D eigenvalue weighted by atomic mass is 10.1. The van der Waals surface area contributed by atoms with Gasteiger partial charge in [-0.3, -0.25) is 4.79 Å². The zero-order valence-electron chi connectivity index (χ0n) is 17.7. The first-order valence-electron chi connectivity index (χ1n) is 9.96. The third-order valence-corrected chi connectivity index (χ3v) is 3.81. The fraction of sp³-hybridized carbons (Fsp3) is 0.636. The summed E-state index contributed by atoms with van der Waals surface area (Å²) < 4.78 is 15.1. The van der Waals surface area contributed by atoms with Gasteiger partial charge in [-0.1, -0.05) is 57.3 Å². The number of carbonyl (C=O) groups is 2. The quantitative estimate of drug-likeness (QED) is 0.329. The van der Waals surface area contributed by atoms with E-state index in [1.165, 1.54) is 38.4 Å². The Bertz CT molecular complexity index is 527. The average molecular weight is 394 g/mol. The molecule has 6 heteroatoms. The molecule has 28 heavy (non-hydrogen) atoms. The third-order valence-electron chi connectivity index (χ3n) is 3.81. The second kappa shape index (κ2) is 17.0. The molecule has 2 aliphatic rings. The minimum Gasteiger partial charge on any atom is -0.447 e. The Morgan fingerprint density at radius 2 is 1.93 bits per heavy atom. The van der Waals surface area contributed by atoms with E-state index in [4.69, 9.17) is 20.6 Å². The number of ether oxygens (including phenoxy) is 3. The van der Waals surface area contributed by atoms with Crippen LogP contribution in [0.4, 0.5) is 4.79 Å². The van der Waals surface area contributed by atoms with Crippen molar-refractivity contribution in [1.82, 2.24) is 4.90 Å². The molecule has 1 saturated heterocycles. The van der Waals surface area contributed by atoms with Crippen LogP contribution in [0.2, 0.25) is 0 Å². The van der Waals surface area contributed by atoms with E-state index in [1.54, 1.807) is 12.2 Å². The highest BCUT2D eigenvalue weighted by Crippen LogP contribution is 2.19. The van der Waals surface area contributed by atoms with Crippen LogP contribution in [0.3, 0.4) is 0 Å². The monoisotopic (exact) mass is 393 g/mol. The van der Waals surface area contributed by atoms with Gasteiger partial charge in [0.15, 0.2) is 6.29 Å². The van der Waals surface area contributed by atoms with Crippen molar-refractivity contribution < 1.29 is 23.8 Å². The molecule has 0 aromatic heterocycles. The predicted molar refractivity (Wildman–Crippen MR) is 111 cm³/mol. The van der Waals surface area contributed by atoms with Crippen LogP contribution >= 0.6 is 0 Å². The molecule has 2 amide bonds. The summed E-state index contributed by atoms with van der Waals surface area (Å²) in [7, 11) is 3.01. The molecule has 0 bridgehead atoms. The van der Waals surface area contributed by atoms with Crippen LogP contribution in [-0.2, 0) is 19.0 Å². The summed E-state index contributed by atoms with van der Waals surface area (Å²) in [6.07, 6.45) is 17.6. The van der Waals surface area contributed by atoms with Gasteiger partial charge in [0, 0.05) is 27.1 Å². The topological polar surface area (TPSA) is 65.1 Å². The van der Waals surface area contributed by atoms with Crippen molar-refractivity contribution in [3.8, 4) is 12.3 Å². The van der Waals surface area contributed by atoms with Crippen molar-refractivity contribution in [2.24, 2.45) is 0 Å². The molecule has 0 aromatic carbocycles. The van der Waals surface area contributed by atoms with Crippen molar-refractivity contribution in [3.05, 3.63) is 24.3 Å². The highest BCUT2D eigenvalue weighted by molar-refractivity contribution is 5.93. The molecule has 1 aliphatic heterocycles. The number of nitrogens with zero attached hydrogens (tertiary/aromatic N) is 1. The van der Waals surface area contributed by atoms with Gasteiger partial charge in [-0.15, -0.1) is 6.42 Å². The number of allylic oxidation sites excluding steroid dienone is 4. The standard InChI is InChI=1S/C17H23NO5.C3H6.C2H6/c1-4-5-6-7-8-9-10-14-13-23-17(20)18(14)15(19)11-12-16(21-2)22-3;1-2-3-1;1-2/h1,5-8,14,16H,9-13H2,2-3H3;1-3H2;1-2H3/b6-5-,8-7-;;. The molecule has 0 N–H and O–H groups in total. The summed E-state index contributed by atoms with van der Waals surface area (Å²) in [5.74, 6) is 2.12. The Hall–Kier alpha value is -2.10. The molecule has 0 spiro atoms. The Morgan fingerprint density at radius 1 is 1.29 bits per heavy atom. The molecule has 1 unspecified atom stereocenters. The van der Waals surface area contributed by atoms with Crippen LogP contribution in [-0.4, -0.2) is 50.1 Å². The number of methoxy groups -OCH3 is 2. The number of amides is 2. The summed E-state index contributed by atoms with van der Waals surface area (Å²) in [6, 6.07) is -0.236. The first-order chi connectivity index (χ1) is 13.6. The maximum absolute atomic E-state index is 12.2. The Balaban J connectivity index is 0.00000128. The van der Waals surface area contributed by atoms with E-state index in [0.717, 1.165) is 6.42 Å². The molecule has 2 fully saturated rings. The maximum Gasteiger partial charge on any atom is 0.416 e. The molecule has 2 rings (SSSR count). The highest BCUT2D eigenvalue weighted by atomic mass is 16.7. The van der Waals surface area contributed by atoms with E-state index in [2.05, 4.69) is 5.92 Å². The first kappa shape index (κ1) is 25.9. The van der Waals surface area contributed by atoms with Gasteiger partial charge in [-0.05, 0) is 18.9 Å². The molecule has 0 aromatic rings. The summed E-state index contributed by atoms with van der Waals surface area (Å²) in [5, 5.41) is 0. The summed E-state index contributed by atoms with van der Waals surface area (Å²) in [6.45, 7) is 4.23. The van der Waals surface area contributed by atoms with E-state index in [9.17, 15) is 9.59 Å². The van der Waals surface area contributed by atoms with Gasteiger partial charge in [0.05, 0.1) is 6.04 Å². The van der Waals surface area contributed by atoms with Crippen LogP contribution in [0.25, 0.3) is 0 Å². The highest BCUT2D eigenvalue weighted by Gasteiger charge is 2.37. The van der Waals surface area contributed by atoms with Gasteiger partial charge in [0.2, 0.25) is 5.91 Å². The van der Waals surface area contributed by atoms with E-state index >= 15 is 0 Å². The second-order valence-corrected chi connectivity index (χ2v) is 6.03. The number of imide groups is 1. The van der Waals surface area contributed by atoms with Gasteiger partial charge in [-0.2, -0.15) is 0 Å². The van der Waals surface area contributed by atoms with Crippen LogP contribution in [0, 0.1) is 12.3 Å². The molecule has 0 radical (unpaired) electrons. The average Bonchev–Trinajstić information content (AvgIpc) is 3.56. The number of hydrogen-bond acceptors (Lipinski definition) is 5. The predicted octanol–water partition coefficient (Wildman–Crippen LogP) is 4.46. The molecule has 158 valence electrons. The second-order valence-electron chi connectivity index (χ2n) is 6.03. The fourth-order valence-corrected chi connectivity index (χ4v) is 2.25. The van der Waals surface area contributed by atoms with E-state index in [1.807, 2.05) is 26.0 Å². The van der Waals surface area contributed by atoms with Crippen LogP contribution < -0.4 is 0 Å². The summed E-state index contributed by atoms with van der Waals surface area (Å²) in [4.78, 5) is 25.2. The molecule has 1 atom stereocenters. The zero-order valence-corrected chi connectivity index (χ0v) is 17.7. The van der Waals surface area contributed by atoms with Crippen molar-refractivity contribution in [2.45, 2.75) is 71.1 Å². The molecular formula is C22H35NO5. The summed E-state index contributed by atoms with van der Waals surface area (Å²) >= 11 is 0. The Morgan fingerprint density at radius 3 is 2.46 bits per heavy atom. The fourth-order valence-electron chi connectivity index (χ4n) is 2.25. The van der Waals surface area contributed by atoms with Crippen LogP contribution in [0.1, 0.15) is 58.8 Å². The minimum atomic E-state index is -0.581. The van der Waals surface area contributed by atoms with Crippen molar-refractivity contribution in [2.75, 3.05) is 20.8 Å². The Kier molecular flexibility index (Phi) is 15.8. The number of cyclic esters (lactones) is 1. The van der Waals surface area contributed by atoms with Gasteiger partial charge < -0.3 is 14.2 Å².